The van der Waals surface area contributed by atoms with Gasteiger partial charge in [0.05, 0.1) is 28.5 Å². The van der Waals surface area contributed by atoms with E-state index in [1.165, 1.54) is 16.9 Å². The minimum Gasteiger partial charge on any atom is -0.463 e. The third-order valence-electron chi connectivity index (χ3n) is 8.22. The van der Waals surface area contributed by atoms with Crippen molar-refractivity contribution in [3.05, 3.63) is 137 Å². The highest BCUT2D eigenvalue weighted by molar-refractivity contribution is 7.07. The van der Waals surface area contributed by atoms with E-state index < -0.39 is 12.0 Å². The summed E-state index contributed by atoms with van der Waals surface area (Å²) in [6.45, 7) is 8.99. The summed E-state index contributed by atoms with van der Waals surface area (Å²) in [6, 6.07) is 23.6. The number of halogens is 1. The molecule has 0 fully saturated rings. The molecule has 8 heteroatoms. The molecule has 0 amide bonds. The van der Waals surface area contributed by atoms with Crippen molar-refractivity contribution >= 4 is 45.9 Å². The second kappa shape index (κ2) is 13.0. The number of aromatic nitrogens is 2. The molecule has 230 valence electrons. The molecule has 0 aliphatic carbocycles. The molecule has 0 radical (unpaired) electrons. The van der Waals surface area contributed by atoms with Crippen molar-refractivity contribution in [2.75, 3.05) is 6.61 Å². The lowest BCUT2D eigenvalue weighted by molar-refractivity contribution is -0.139. The molecular formula is C37H36ClN3O3S. The Hall–Kier alpha value is -4.20. The molecule has 1 aliphatic heterocycles. The molecule has 2 aromatic heterocycles. The molecule has 3 heterocycles. The van der Waals surface area contributed by atoms with Crippen molar-refractivity contribution in [3.63, 3.8) is 0 Å². The molecular weight excluding hydrogens is 602 g/mol. The summed E-state index contributed by atoms with van der Waals surface area (Å²) in [4.78, 5) is 33.3. The van der Waals surface area contributed by atoms with Gasteiger partial charge in [0.1, 0.15) is 0 Å². The van der Waals surface area contributed by atoms with Crippen LogP contribution in [0.2, 0.25) is 5.02 Å². The van der Waals surface area contributed by atoms with E-state index in [1.54, 1.807) is 11.5 Å². The fourth-order valence-electron chi connectivity index (χ4n) is 5.97. The summed E-state index contributed by atoms with van der Waals surface area (Å²) in [5.74, 6) is -0.0728. The van der Waals surface area contributed by atoms with Crippen molar-refractivity contribution in [3.8, 4) is 0 Å². The van der Waals surface area contributed by atoms with E-state index in [9.17, 15) is 9.59 Å². The van der Waals surface area contributed by atoms with Crippen molar-refractivity contribution < 1.29 is 9.53 Å². The first kappa shape index (κ1) is 30.8. The molecule has 45 heavy (non-hydrogen) atoms. The fourth-order valence-corrected chi connectivity index (χ4v) is 7.18. The third kappa shape index (κ3) is 5.95. The van der Waals surface area contributed by atoms with Gasteiger partial charge in [-0.05, 0) is 54.2 Å². The molecule has 0 saturated heterocycles. The minimum atomic E-state index is -0.633. The Balaban J connectivity index is 1.54. The number of benzene rings is 3. The van der Waals surface area contributed by atoms with Crippen LogP contribution in [0.5, 0.6) is 0 Å². The predicted molar refractivity (Wildman–Crippen MR) is 183 cm³/mol. The van der Waals surface area contributed by atoms with Gasteiger partial charge in [0.25, 0.3) is 5.56 Å². The predicted octanol–water partition coefficient (Wildman–Crippen LogP) is 7.36. The molecule has 6 nitrogen and oxygen atoms in total. The zero-order valence-corrected chi connectivity index (χ0v) is 27.5. The zero-order valence-electron chi connectivity index (χ0n) is 25.9. The summed E-state index contributed by atoms with van der Waals surface area (Å²) in [5.41, 5.74) is 5.98. The summed E-state index contributed by atoms with van der Waals surface area (Å²) >= 11 is 7.86. The summed E-state index contributed by atoms with van der Waals surface area (Å²) in [7, 11) is 0. The highest BCUT2D eigenvalue weighted by Gasteiger charge is 2.34. The number of esters is 1. The smallest absolute Gasteiger partial charge is 0.338 e. The number of carbonyl (C=O) groups excluding carboxylic acids is 1. The molecule has 0 saturated carbocycles. The maximum atomic E-state index is 14.3. The van der Waals surface area contributed by atoms with Crippen LogP contribution in [0.4, 0.5) is 0 Å². The van der Waals surface area contributed by atoms with Gasteiger partial charge in [-0.15, -0.1) is 0 Å². The Labute approximate surface area is 271 Å². The Morgan fingerprint density at radius 3 is 2.49 bits per heavy atom. The second-order valence-electron chi connectivity index (χ2n) is 11.6. The maximum absolute atomic E-state index is 14.3. The highest BCUT2D eigenvalue weighted by atomic mass is 35.5. The number of fused-ring (bicyclic) bond motifs is 2. The Morgan fingerprint density at radius 2 is 1.78 bits per heavy atom. The molecule has 1 aliphatic rings. The van der Waals surface area contributed by atoms with Crippen molar-refractivity contribution in [2.45, 2.75) is 59.0 Å². The number of hydrogen-bond donors (Lipinski definition) is 0. The van der Waals surface area contributed by atoms with Gasteiger partial charge < -0.3 is 9.30 Å². The molecule has 0 bridgehead atoms. The number of rotatable bonds is 9. The quantitative estimate of drug-likeness (QED) is 0.159. The van der Waals surface area contributed by atoms with Crippen LogP contribution in [0.1, 0.15) is 74.8 Å². The number of para-hydroxylation sites is 1. The van der Waals surface area contributed by atoms with Crippen molar-refractivity contribution in [1.82, 2.24) is 9.13 Å². The first-order chi connectivity index (χ1) is 21.8. The van der Waals surface area contributed by atoms with Crippen molar-refractivity contribution in [2.24, 2.45) is 4.99 Å². The lowest BCUT2D eigenvalue weighted by Crippen LogP contribution is -2.40. The van der Waals surface area contributed by atoms with Crippen LogP contribution in [0.3, 0.4) is 0 Å². The van der Waals surface area contributed by atoms with Crippen LogP contribution in [0.25, 0.3) is 17.0 Å². The third-order valence-corrected chi connectivity index (χ3v) is 9.57. The lowest BCUT2D eigenvalue weighted by atomic mass is 9.92. The number of allylic oxidation sites excluding steroid dienone is 1. The molecule has 0 N–H and O–H groups in total. The van der Waals surface area contributed by atoms with Crippen LogP contribution in [0, 0.1) is 0 Å². The topological polar surface area (TPSA) is 65.6 Å². The number of hydrogen-bond acceptors (Lipinski definition) is 5. The summed E-state index contributed by atoms with van der Waals surface area (Å²) in [6.07, 6.45) is 5.43. The van der Waals surface area contributed by atoms with Crippen LogP contribution in [-0.4, -0.2) is 21.7 Å². The molecule has 6 rings (SSSR count). The van der Waals surface area contributed by atoms with E-state index >= 15 is 0 Å². The zero-order chi connectivity index (χ0) is 31.7. The van der Waals surface area contributed by atoms with Gasteiger partial charge in [-0.2, -0.15) is 0 Å². The van der Waals surface area contributed by atoms with Crippen LogP contribution < -0.4 is 14.9 Å². The van der Waals surface area contributed by atoms with Crippen LogP contribution in [0.15, 0.2) is 100 Å². The summed E-state index contributed by atoms with van der Waals surface area (Å²) in [5, 5.41) is 1.75. The van der Waals surface area contributed by atoms with Crippen molar-refractivity contribution in [1.29, 1.82) is 0 Å². The SMILES string of the molecule is CCCC1=C(C(=O)OCC)[C@@H](c2ccc(C(C)C)cc2)n2c(s/c(=C\c3cn(Cc4ccccc4Cl)c4ccccc34)c2=O)=N1. The van der Waals surface area contributed by atoms with Gasteiger partial charge in [-0.25, -0.2) is 9.79 Å². The van der Waals surface area contributed by atoms with E-state index in [2.05, 4.69) is 55.8 Å². The van der Waals surface area contributed by atoms with Crippen LogP contribution in [-0.2, 0) is 16.1 Å². The number of nitrogens with zero attached hydrogens (tertiary/aromatic N) is 3. The van der Waals surface area contributed by atoms with Gasteiger partial charge in [0.15, 0.2) is 4.80 Å². The monoisotopic (exact) mass is 637 g/mol. The number of thiazole rings is 1. The van der Waals surface area contributed by atoms with E-state index in [-0.39, 0.29) is 12.2 Å². The minimum absolute atomic E-state index is 0.183. The Kier molecular flexibility index (Phi) is 8.92. The van der Waals surface area contributed by atoms with E-state index in [4.69, 9.17) is 21.3 Å². The maximum Gasteiger partial charge on any atom is 0.338 e. The van der Waals surface area contributed by atoms with E-state index in [1.807, 2.05) is 54.6 Å². The van der Waals surface area contributed by atoms with Gasteiger partial charge in [-0.1, -0.05) is 111 Å². The lowest BCUT2D eigenvalue weighted by Gasteiger charge is -2.26. The standard InChI is InChI=1S/C37H36ClN3O3S/c1-5-11-30-33(36(43)44-6-2)34(25-18-16-24(17-19-25)23(3)4)41-35(42)32(45-37(41)39-30)20-27-22-40(31-15-10-8-13-28(27)31)21-26-12-7-9-14-29(26)38/h7-10,12-20,22-23,34H,5-6,11,21H2,1-4H3/b32-20-/t34-/m1/s1. The molecule has 5 aromatic rings. The normalized spacial score (nSPS) is 15.1. The Bertz CT molecular complexity index is 2100. The second-order valence-corrected chi connectivity index (χ2v) is 13.0. The highest BCUT2D eigenvalue weighted by Crippen LogP contribution is 2.33. The van der Waals surface area contributed by atoms with E-state index in [0.29, 0.717) is 44.5 Å². The Morgan fingerprint density at radius 1 is 1.04 bits per heavy atom. The van der Waals surface area contributed by atoms with Gasteiger partial charge in [0.2, 0.25) is 0 Å². The van der Waals surface area contributed by atoms with E-state index in [0.717, 1.165) is 34.0 Å². The average molecular weight is 638 g/mol. The number of carbonyl (C=O) groups is 1. The van der Waals surface area contributed by atoms with Gasteiger partial charge in [0, 0.05) is 34.2 Å². The molecule has 1 atom stereocenters. The molecule has 0 unspecified atom stereocenters. The average Bonchev–Trinajstić information content (AvgIpc) is 3.54. The van der Waals surface area contributed by atoms with Crippen LogP contribution >= 0.6 is 22.9 Å². The molecule has 0 spiro atoms. The first-order valence-corrected chi connectivity index (χ1v) is 16.6. The molecule has 3 aromatic carbocycles. The van der Waals surface area contributed by atoms with Gasteiger partial charge >= 0.3 is 5.97 Å². The number of ether oxygens (including phenoxy) is 1. The largest absolute Gasteiger partial charge is 0.463 e. The summed E-state index contributed by atoms with van der Waals surface area (Å²) < 4.78 is 9.94. The van der Waals surface area contributed by atoms with Gasteiger partial charge in [-0.3, -0.25) is 9.36 Å². The fraction of sp³-hybridized carbons (Fsp3) is 0.270. The first-order valence-electron chi connectivity index (χ1n) is 15.4.